The van der Waals surface area contributed by atoms with Crippen LogP contribution in [0.1, 0.15) is 19.5 Å². The molecule has 0 saturated carbocycles. The molecule has 2 rings (SSSR count). The third-order valence-electron chi connectivity index (χ3n) is 3.54. The lowest BCUT2D eigenvalue weighted by atomic mass is 10.1. The van der Waals surface area contributed by atoms with Gasteiger partial charge in [-0.3, -0.25) is 14.4 Å². The van der Waals surface area contributed by atoms with Crippen molar-refractivity contribution < 1.29 is 14.3 Å². The van der Waals surface area contributed by atoms with Crippen LogP contribution in [0.15, 0.2) is 6.07 Å². The van der Waals surface area contributed by atoms with Gasteiger partial charge in [0.2, 0.25) is 5.91 Å². The Bertz CT molecular complexity index is 527. The number of rotatable bonds is 5. The van der Waals surface area contributed by atoms with Gasteiger partial charge >= 0.3 is 0 Å². The fourth-order valence-electron chi connectivity index (χ4n) is 2.92. The molecule has 2 heterocycles. The number of hydrogen-bond donors (Lipinski definition) is 1. The van der Waals surface area contributed by atoms with Crippen molar-refractivity contribution in [1.29, 1.82) is 0 Å². The van der Waals surface area contributed by atoms with Gasteiger partial charge in [0.15, 0.2) is 0 Å². The molecule has 124 valence electrons. The minimum absolute atomic E-state index is 0.0134. The molecule has 7 heteroatoms. The van der Waals surface area contributed by atoms with Gasteiger partial charge in [0.1, 0.15) is 5.82 Å². The van der Waals surface area contributed by atoms with Crippen LogP contribution in [0, 0.1) is 6.92 Å². The van der Waals surface area contributed by atoms with E-state index < -0.39 is 0 Å². The first-order chi connectivity index (χ1) is 10.3. The molecule has 1 aliphatic rings. The van der Waals surface area contributed by atoms with Crippen LogP contribution < -0.4 is 5.32 Å². The SMILES string of the molecule is COCC1CN(CC(=O)Nc2cc(C)nn2C)CC(C)(C)O1. The Morgan fingerprint density at radius 1 is 1.59 bits per heavy atom. The molecule has 1 N–H and O–H groups in total. The van der Waals surface area contributed by atoms with Crippen molar-refractivity contribution in [3.8, 4) is 0 Å². The Balaban J connectivity index is 1.93. The van der Waals surface area contributed by atoms with Crippen molar-refractivity contribution in [3.63, 3.8) is 0 Å². The zero-order valence-electron chi connectivity index (χ0n) is 14.0. The van der Waals surface area contributed by atoms with Crippen molar-refractivity contribution >= 4 is 11.7 Å². The van der Waals surface area contributed by atoms with E-state index in [-0.39, 0.29) is 17.6 Å². The van der Waals surface area contributed by atoms with E-state index >= 15 is 0 Å². The van der Waals surface area contributed by atoms with E-state index in [0.29, 0.717) is 32.1 Å². The summed E-state index contributed by atoms with van der Waals surface area (Å²) in [6, 6.07) is 1.86. The van der Waals surface area contributed by atoms with Gasteiger partial charge in [0.05, 0.1) is 30.6 Å². The smallest absolute Gasteiger partial charge is 0.239 e. The van der Waals surface area contributed by atoms with E-state index in [2.05, 4.69) is 15.3 Å². The first-order valence-electron chi connectivity index (χ1n) is 7.48. The number of aryl methyl sites for hydroxylation is 2. The highest BCUT2D eigenvalue weighted by molar-refractivity contribution is 5.91. The number of carbonyl (C=O) groups excluding carboxylic acids is 1. The molecule has 0 bridgehead atoms. The van der Waals surface area contributed by atoms with Crippen LogP contribution in [0.3, 0.4) is 0 Å². The van der Waals surface area contributed by atoms with E-state index in [9.17, 15) is 4.79 Å². The van der Waals surface area contributed by atoms with Crippen molar-refractivity contribution in [2.75, 3.05) is 38.7 Å². The van der Waals surface area contributed by atoms with Gasteiger partial charge in [0.25, 0.3) is 0 Å². The Labute approximate surface area is 131 Å². The third kappa shape index (κ3) is 4.53. The largest absolute Gasteiger partial charge is 0.382 e. The van der Waals surface area contributed by atoms with Gasteiger partial charge in [-0.1, -0.05) is 0 Å². The first kappa shape index (κ1) is 16.9. The summed E-state index contributed by atoms with van der Waals surface area (Å²) in [5.74, 6) is 0.667. The molecule has 1 aromatic rings. The van der Waals surface area contributed by atoms with Crippen molar-refractivity contribution in [2.45, 2.75) is 32.5 Å². The summed E-state index contributed by atoms with van der Waals surface area (Å²) in [4.78, 5) is 14.4. The fraction of sp³-hybridized carbons (Fsp3) is 0.733. The number of nitrogens with one attached hydrogen (secondary N) is 1. The van der Waals surface area contributed by atoms with Crippen LogP contribution in [0.2, 0.25) is 0 Å². The second-order valence-corrected chi connectivity index (χ2v) is 6.47. The molecule has 0 aromatic carbocycles. The summed E-state index contributed by atoms with van der Waals surface area (Å²) in [5, 5.41) is 7.12. The minimum atomic E-state index is -0.287. The number of nitrogens with zero attached hydrogens (tertiary/aromatic N) is 3. The molecule has 1 fully saturated rings. The normalized spacial score (nSPS) is 21.8. The van der Waals surface area contributed by atoms with E-state index in [0.717, 1.165) is 5.69 Å². The third-order valence-corrected chi connectivity index (χ3v) is 3.54. The minimum Gasteiger partial charge on any atom is -0.382 e. The molecule has 1 aromatic heterocycles. The highest BCUT2D eigenvalue weighted by Gasteiger charge is 2.34. The molecule has 0 aliphatic carbocycles. The van der Waals surface area contributed by atoms with Crippen LogP contribution >= 0.6 is 0 Å². The summed E-state index contributed by atoms with van der Waals surface area (Å²) >= 11 is 0. The Morgan fingerprint density at radius 3 is 2.91 bits per heavy atom. The predicted molar refractivity (Wildman–Crippen MR) is 83.8 cm³/mol. The standard InChI is InChI=1S/C15H26N4O3/c1-11-6-13(18(4)17-11)16-14(20)8-19-7-12(9-21-5)22-15(2,3)10-19/h6,12H,7-10H2,1-5H3,(H,16,20). The van der Waals surface area contributed by atoms with Crippen molar-refractivity contribution in [1.82, 2.24) is 14.7 Å². The molecular weight excluding hydrogens is 284 g/mol. The topological polar surface area (TPSA) is 68.6 Å². The molecular formula is C15H26N4O3. The van der Waals surface area contributed by atoms with Crippen LogP contribution in [-0.2, 0) is 21.3 Å². The number of carbonyl (C=O) groups is 1. The van der Waals surface area contributed by atoms with Gasteiger partial charge in [-0.15, -0.1) is 0 Å². The fourth-order valence-corrected chi connectivity index (χ4v) is 2.92. The number of ether oxygens (including phenoxy) is 2. The predicted octanol–water partition coefficient (Wildman–Crippen LogP) is 0.793. The number of aromatic nitrogens is 2. The maximum Gasteiger partial charge on any atom is 0.239 e. The number of methoxy groups -OCH3 is 1. The lowest BCUT2D eigenvalue weighted by Crippen LogP contribution is -2.55. The number of amides is 1. The monoisotopic (exact) mass is 310 g/mol. The van der Waals surface area contributed by atoms with Crippen LogP contribution in [0.25, 0.3) is 0 Å². The first-order valence-corrected chi connectivity index (χ1v) is 7.48. The Kier molecular flexibility index (Phi) is 5.20. The summed E-state index contributed by atoms with van der Waals surface area (Å²) in [6.45, 7) is 8.23. The molecule has 22 heavy (non-hydrogen) atoms. The van der Waals surface area contributed by atoms with E-state index in [1.807, 2.05) is 33.9 Å². The van der Waals surface area contributed by atoms with Crippen molar-refractivity contribution in [3.05, 3.63) is 11.8 Å². The maximum absolute atomic E-state index is 12.3. The summed E-state index contributed by atoms with van der Waals surface area (Å²) in [6.07, 6.45) is -0.0134. The average Bonchev–Trinajstić information content (AvgIpc) is 2.65. The van der Waals surface area contributed by atoms with Crippen LogP contribution in [0.4, 0.5) is 5.82 Å². The summed E-state index contributed by atoms with van der Waals surface area (Å²) in [7, 11) is 3.47. The highest BCUT2D eigenvalue weighted by atomic mass is 16.5. The van der Waals surface area contributed by atoms with Gasteiger partial charge < -0.3 is 14.8 Å². The summed E-state index contributed by atoms with van der Waals surface area (Å²) in [5.41, 5.74) is 0.593. The summed E-state index contributed by atoms with van der Waals surface area (Å²) < 4.78 is 12.8. The second-order valence-electron chi connectivity index (χ2n) is 6.47. The molecule has 0 radical (unpaired) electrons. The second kappa shape index (κ2) is 6.76. The molecule has 1 unspecified atom stereocenters. The molecule has 1 saturated heterocycles. The van der Waals surface area contributed by atoms with Gasteiger partial charge in [-0.05, 0) is 20.8 Å². The molecule has 0 spiro atoms. The zero-order chi connectivity index (χ0) is 16.3. The quantitative estimate of drug-likeness (QED) is 0.871. The van der Waals surface area contributed by atoms with Gasteiger partial charge in [0, 0.05) is 33.3 Å². The average molecular weight is 310 g/mol. The number of hydrogen-bond acceptors (Lipinski definition) is 5. The Hall–Kier alpha value is -1.44. The lowest BCUT2D eigenvalue weighted by Gasteiger charge is -2.42. The highest BCUT2D eigenvalue weighted by Crippen LogP contribution is 2.21. The van der Waals surface area contributed by atoms with Gasteiger partial charge in [-0.25, -0.2) is 0 Å². The molecule has 1 amide bonds. The van der Waals surface area contributed by atoms with E-state index in [1.165, 1.54) is 0 Å². The number of morpholine rings is 1. The zero-order valence-corrected chi connectivity index (χ0v) is 14.0. The number of anilines is 1. The van der Waals surface area contributed by atoms with Gasteiger partial charge in [-0.2, -0.15) is 5.10 Å². The van der Waals surface area contributed by atoms with E-state index in [4.69, 9.17) is 9.47 Å². The molecule has 1 atom stereocenters. The van der Waals surface area contributed by atoms with E-state index in [1.54, 1.807) is 11.8 Å². The maximum atomic E-state index is 12.3. The van der Waals surface area contributed by atoms with Crippen molar-refractivity contribution in [2.24, 2.45) is 7.05 Å². The Morgan fingerprint density at radius 2 is 2.32 bits per heavy atom. The lowest BCUT2D eigenvalue weighted by molar-refractivity contribution is -0.154. The molecule has 1 aliphatic heterocycles. The van der Waals surface area contributed by atoms with Crippen LogP contribution in [0.5, 0.6) is 0 Å². The molecule has 7 nitrogen and oxygen atoms in total. The van der Waals surface area contributed by atoms with Crippen LogP contribution in [-0.4, -0.2) is 65.6 Å².